The third-order valence-corrected chi connectivity index (χ3v) is 3.92. The molecular formula is C7H10N2OS2. The molecule has 0 saturated carbocycles. The Morgan fingerprint density at radius 3 is 2.83 bits per heavy atom. The molecule has 0 amide bonds. The summed E-state index contributed by atoms with van der Waals surface area (Å²) in [6, 6.07) is 1.98. The molecule has 0 aromatic carbocycles. The van der Waals surface area contributed by atoms with Crippen molar-refractivity contribution < 1.29 is 4.52 Å². The maximum Gasteiger partial charge on any atom is 0.173 e. The van der Waals surface area contributed by atoms with Gasteiger partial charge in [0.15, 0.2) is 5.82 Å². The lowest BCUT2D eigenvalue weighted by molar-refractivity contribution is 0.398. The van der Waals surface area contributed by atoms with Crippen LogP contribution in [0, 0.1) is 6.92 Å². The van der Waals surface area contributed by atoms with Crippen molar-refractivity contribution >= 4 is 29.3 Å². The normalized spacial score (nSPS) is 18.2. The molecule has 0 bridgehead atoms. The number of thioether (sulfide) groups is 2. The Morgan fingerprint density at radius 2 is 2.25 bits per heavy atom. The minimum Gasteiger partial charge on any atom is -0.360 e. The predicted octanol–water partition coefficient (Wildman–Crippen LogP) is 2.14. The molecule has 0 aliphatic carbocycles. The third kappa shape index (κ3) is 1.72. The summed E-state index contributed by atoms with van der Waals surface area (Å²) in [6.45, 7) is 1.92. The van der Waals surface area contributed by atoms with E-state index in [4.69, 9.17) is 4.52 Å². The number of hydrogen-bond acceptors (Lipinski definition) is 5. The zero-order valence-electron chi connectivity index (χ0n) is 6.82. The van der Waals surface area contributed by atoms with Crippen molar-refractivity contribution in [3.8, 4) is 0 Å². The summed E-state index contributed by atoms with van der Waals surface area (Å²) in [5, 5.41) is 5.15. The molecule has 0 atom stereocenters. The number of aromatic nitrogens is 1. The average molecular weight is 202 g/mol. The van der Waals surface area contributed by atoms with Crippen LogP contribution in [0.15, 0.2) is 10.6 Å². The monoisotopic (exact) mass is 202 g/mol. The fourth-order valence-corrected chi connectivity index (χ4v) is 3.10. The molecule has 3 nitrogen and oxygen atoms in total. The fourth-order valence-electron chi connectivity index (χ4n) is 1.03. The Morgan fingerprint density at radius 1 is 1.50 bits per heavy atom. The molecule has 0 unspecified atom stereocenters. The molecule has 1 aliphatic rings. The van der Waals surface area contributed by atoms with E-state index in [0.717, 1.165) is 23.3 Å². The molecule has 1 aliphatic heterocycles. The first-order valence-electron chi connectivity index (χ1n) is 3.70. The highest BCUT2D eigenvalue weighted by Crippen LogP contribution is 2.26. The van der Waals surface area contributed by atoms with Gasteiger partial charge in [0.25, 0.3) is 0 Å². The fraction of sp³-hybridized carbons (Fsp3) is 0.571. The molecule has 1 fully saturated rings. The van der Waals surface area contributed by atoms with Crippen molar-refractivity contribution in [3.05, 3.63) is 11.8 Å². The maximum atomic E-state index is 5.01. The molecule has 66 valence electrons. The first kappa shape index (κ1) is 8.31. The maximum absolute atomic E-state index is 5.01. The van der Waals surface area contributed by atoms with E-state index in [-0.39, 0.29) is 0 Å². The first-order valence-corrected chi connectivity index (χ1v) is 6.01. The number of hydrogen-bond donors (Lipinski definition) is 0. The second kappa shape index (κ2) is 3.62. The number of anilines is 1. The number of nitrogens with zero attached hydrogens (tertiary/aromatic N) is 2. The van der Waals surface area contributed by atoms with Crippen LogP contribution < -0.4 is 4.90 Å². The lowest BCUT2D eigenvalue weighted by Gasteiger charge is -2.24. The van der Waals surface area contributed by atoms with Gasteiger partial charge in [-0.25, -0.2) is 0 Å². The zero-order valence-corrected chi connectivity index (χ0v) is 8.45. The topological polar surface area (TPSA) is 29.3 Å². The SMILES string of the molecule is Cc1cc(N2CSCSC2)no1. The molecule has 0 N–H and O–H groups in total. The van der Waals surface area contributed by atoms with Gasteiger partial charge >= 0.3 is 0 Å². The summed E-state index contributed by atoms with van der Waals surface area (Å²) in [5.41, 5.74) is 0. The molecule has 2 heterocycles. The minimum atomic E-state index is 0.880. The van der Waals surface area contributed by atoms with Crippen LogP contribution in [-0.4, -0.2) is 22.0 Å². The highest BCUT2D eigenvalue weighted by atomic mass is 32.2. The van der Waals surface area contributed by atoms with Crippen LogP contribution in [-0.2, 0) is 0 Å². The Labute approximate surface area is 79.9 Å². The average Bonchev–Trinajstić information content (AvgIpc) is 2.54. The van der Waals surface area contributed by atoms with Crippen LogP contribution in [0.5, 0.6) is 0 Å². The van der Waals surface area contributed by atoms with E-state index >= 15 is 0 Å². The summed E-state index contributed by atoms with van der Waals surface area (Å²) in [7, 11) is 0. The molecule has 2 rings (SSSR count). The van der Waals surface area contributed by atoms with Gasteiger partial charge in [0, 0.05) is 11.2 Å². The largest absolute Gasteiger partial charge is 0.360 e. The van der Waals surface area contributed by atoms with Crippen LogP contribution in [0.2, 0.25) is 0 Å². The molecule has 0 radical (unpaired) electrons. The summed E-state index contributed by atoms with van der Waals surface area (Å²) < 4.78 is 5.01. The van der Waals surface area contributed by atoms with Crippen molar-refractivity contribution in [2.45, 2.75) is 6.92 Å². The van der Waals surface area contributed by atoms with Gasteiger partial charge in [-0.3, -0.25) is 0 Å². The summed E-state index contributed by atoms with van der Waals surface area (Å²) in [4.78, 5) is 2.22. The van der Waals surface area contributed by atoms with Gasteiger partial charge < -0.3 is 9.42 Å². The Bertz CT molecular complexity index is 258. The van der Waals surface area contributed by atoms with Crippen molar-refractivity contribution in [2.24, 2.45) is 0 Å². The van der Waals surface area contributed by atoms with E-state index in [2.05, 4.69) is 10.1 Å². The highest BCUT2D eigenvalue weighted by Gasteiger charge is 2.14. The molecule has 5 heteroatoms. The minimum absolute atomic E-state index is 0.880. The number of rotatable bonds is 1. The summed E-state index contributed by atoms with van der Waals surface area (Å²) in [6.07, 6.45) is 0. The van der Waals surface area contributed by atoms with Gasteiger partial charge in [-0.15, -0.1) is 23.5 Å². The second-order valence-electron chi connectivity index (χ2n) is 2.62. The first-order chi connectivity index (χ1) is 5.86. The van der Waals surface area contributed by atoms with Gasteiger partial charge in [-0.1, -0.05) is 5.16 Å². The van der Waals surface area contributed by atoms with Crippen molar-refractivity contribution in [1.29, 1.82) is 0 Å². The molecular weight excluding hydrogens is 192 g/mol. The molecule has 1 aromatic heterocycles. The van der Waals surface area contributed by atoms with Crippen LogP contribution in [0.1, 0.15) is 5.76 Å². The quantitative estimate of drug-likeness (QED) is 0.696. The molecule has 12 heavy (non-hydrogen) atoms. The van der Waals surface area contributed by atoms with E-state index in [1.54, 1.807) is 0 Å². The summed E-state index contributed by atoms with van der Waals surface area (Å²) >= 11 is 3.83. The molecule has 1 aromatic rings. The Kier molecular flexibility index (Phi) is 2.51. The molecule has 1 saturated heterocycles. The van der Waals surface area contributed by atoms with Crippen LogP contribution in [0.3, 0.4) is 0 Å². The Hall–Kier alpha value is -0.290. The van der Waals surface area contributed by atoms with Gasteiger partial charge in [0.1, 0.15) is 5.76 Å². The lowest BCUT2D eigenvalue weighted by Crippen LogP contribution is -2.25. The summed E-state index contributed by atoms with van der Waals surface area (Å²) in [5.74, 6) is 3.90. The van der Waals surface area contributed by atoms with E-state index in [9.17, 15) is 0 Å². The highest BCUT2D eigenvalue weighted by molar-refractivity contribution is 8.16. The van der Waals surface area contributed by atoms with Crippen LogP contribution in [0.25, 0.3) is 0 Å². The third-order valence-electron chi connectivity index (χ3n) is 1.60. The van der Waals surface area contributed by atoms with Crippen molar-refractivity contribution in [3.63, 3.8) is 0 Å². The van der Waals surface area contributed by atoms with Gasteiger partial charge in [-0.05, 0) is 6.92 Å². The second-order valence-corrected chi connectivity index (χ2v) is 4.90. The van der Waals surface area contributed by atoms with E-state index in [1.165, 1.54) is 5.08 Å². The van der Waals surface area contributed by atoms with Gasteiger partial charge in [-0.2, -0.15) is 0 Å². The lowest BCUT2D eigenvalue weighted by atomic mass is 10.5. The van der Waals surface area contributed by atoms with E-state index in [0.29, 0.717) is 0 Å². The van der Waals surface area contributed by atoms with E-state index in [1.807, 2.05) is 36.5 Å². The van der Waals surface area contributed by atoms with Crippen LogP contribution >= 0.6 is 23.5 Å². The number of aryl methyl sites for hydroxylation is 1. The van der Waals surface area contributed by atoms with Crippen LogP contribution in [0.4, 0.5) is 5.82 Å². The van der Waals surface area contributed by atoms with Gasteiger partial charge in [0.2, 0.25) is 0 Å². The van der Waals surface area contributed by atoms with Crippen molar-refractivity contribution in [2.75, 3.05) is 21.7 Å². The molecule has 0 spiro atoms. The smallest absolute Gasteiger partial charge is 0.173 e. The van der Waals surface area contributed by atoms with Gasteiger partial charge in [0.05, 0.1) is 11.8 Å². The predicted molar refractivity (Wildman–Crippen MR) is 53.5 cm³/mol. The van der Waals surface area contributed by atoms with E-state index < -0.39 is 0 Å². The zero-order chi connectivity index (χ0) is 8.39. The standard InChI is InChI=1S/C7H10N2OS2/c1-6-2-7(8-10-6)9-3-11-5-12-4-9/h2H,3-5H2,1H3. The van der Waals surface area contributed by atoms with Crippen molar-refractivity contribution in [1.82, 2.24) is 5.16 Å². The Balaban J connectivity index is 2.08.